The Labute approximate surface area is 118 Å². The van der Waals surface area contributed by atoms with Gasteiger partial charge in [-0.05, 0) is 49.3 Å². The van der Waals surface area contributed by atoms with Crippen LogP contribution in [-0.2, 0) is 4.79 Å². The Morgan fingerprint density at radius 1 is 1.32 bits per heavy atom. The minimum atomic E-state index is 0.142. The summed E-state index contributed by atoms with van der Waals surface area (Å²) >= 11 is 5.93. The van der Waals surface area contributed by atoms with Crippen molar-refractivity contribution in [2.45, 2.75) is 25.7 Å². The van der Waals surface area contributed by atoms with Gasteiger partial charge in [-0.3, -0.25) is 4.79 Å². The fraction of sp³-hybridized carbons (Fsp3) is 0.438. The highest BCUT2D eigenvalue weighted by molar-refractivity contribution is 6.30. The number of hydrogen-bond acceptors (Lipinski definition) is 1. The van der Waals surface area contributed by atoms with Crippen molar-refractivity contribution in [2.24, 2.45) is 17.8 Å². The molecule has 0 heterocycles. The van der Waals surface area contributed by atoms with E-state index in [-0.39, 0.29) is 11.8 Å². The van der Waals surface area contributed by atoms with E-state index in [9.17, 15) is 4.79 Å². The van der Waals surface area contributed by atoms with Gasteiger partial charge in [-0.25, -0.2) is 0 Å². The van der Waals surface area contributed by atoms with Crippen LogP contribution in [0.1, 0.15) is 25.7 Å². The summed E-state index contributed by atoms with van der Waals surface area (Å²) < 4.78 is 0. The zero-order valence-electron chi connectivity index (χ0n) is 10.8. The van der Waals surface area contributed by atoms with E-state index in [0.29, 0.717) is 16.9 Å². The summed E-state index contributed by atoms with van der Waals surface area (Å²) in [4.78, 5) is 12.3. The Hall–Kier alpha value is -1.28. The summed E-state index contributed by atoms with van der Waals surface area (Å²) in [6.45, 7) is 0. The van der Waals surface area contributed by atoms with Crippen LogP contribution in [0.25, 0.3) is 0 Å². The first-order chi connectivity index (χ1) is 9.25. The SMILES string of the molecule is O=C(Nc1cccc(Cl)c1)[C@H]1[C@H]2C=CCCCC[C@@H]21. The normalized spacial score (nSPS) is 29.0. The van der Waals surface area contributed by atoms with Gasteiger partial charge >= 0.3 is 0 Å². The molecule has 1 aromatic carbocycles. The van der Waals surface area contributed by atoms with Crippen LogP contribution < -0.4 is 5.32 Å². The van der Waals surface area contributed by atoms with Crippen LogP contribution in [0, 0.1) is 17.8 Å². The molecule has 0 bridgehead atoms. The lowest BCUT2D eigenvalue weighted by atomic mass is 10.1. The zero-order valence-corrected chi connectivity index (χ0v) is 11.6. The maximum Gasteiger partial charge on any atom is 0.228 e. The van der Waals surface area contributed by atoms with E-state index in [4.69, 9.17) is 11.6 Å². The van der Waals surface area contributed by atoms with E-state index in [1.165, 1.54) is 19.3 Å². The number of carbonyl (C=O) groups is 1. The predicted molar refractivity (Wildman–Crippen MR) is 78.2 cm³/mol. The first kappa shape index (κ1) is 12.7. The molecule has 1 N–H and O–H groups in total. The van der Waals surface area contributed by atoms with Crippen LogP contribution in [0.4, 0.5) is 5.69 Å². The van der Waals surface area contributed by atoms with Gasteiger partial charge in [0, 0.05) is 16.6 Å². The zero-order chi connectivity index (χ0) is 13.2. The van der Waals surface area contributed by atoms with Gasteiger partial charge in [0.2, 0.25) is 5.91 Å². The standard InChI is InChI=1S/C16H18ClNO/c17-11-6-5-7-12(10-11)18-16(19)15-13-8-3-1-2-4-9-14(13)15/h3,5-8,10,13-15H,1-2,4,9H2,(H,18,19)/t13-,14-,15-/m0/s1. The van der Waals surface area contributed by atoms with Gasteiger partial charge in [0.1, 0.15) is 0 Å². The second-order valence-electron chi connectivity index (χ2n) is 5.48. The third kappa shape index (κ3) is 2.84. The maximum absolute atomic E-state index is 12.3. The van der Waals surface area contributed by atoms with Crippen LogP contribution in [0.15, 0.2) is 36.4 Å². The fourth-order valence-corrected chi connectivity index (χ4v) is 3.28. The van der Waals surface area contributed by atoms with Crippen LogP contribution in [-0.4, -0.2) is 5.91 Å². The van der Waals surface area contributed by atoms with Crippen molar-refractivity contribution >= 4 is 23.2 Å². The summed E-state index contributed by atoms with van der Waals surface area (Å²) in [6, 6.07) is 7.34. The molecule has 2 nitrogen and oxygen atoms in total. The summed E-state index contributed by atoms with van der Waals surface area (Å²) in [5.41, 5.74) is 0.792. The maximum atomic E-state index is 12.3. The average Bonchev–Trinajstić information content (AvgIpc) is 3.00. The van der Waals surface area contributed by atoms with E-state index in [1.54, 1.807) is 6.07 Å². The summed E-state index contributed by atoms with van der Waals surface area (Å²) in [5, 5.41) is 3.64. The second-order valence-corrected chi connectivity index (χ2v) is 5.92. The molecule has 0 aromatic heterocycles. The molecular formula is C16H18ClNO. The van der Waals surface area contributed by atoms with Crippen LogP contribution in [0.2, 0.25) is 5.02 Å². The van der Waals surface area contributed by atoms with Gasteiger partial charge in [-0.2, -0.15) is 0 Å². The smallest absolute Gasteiger partial charge is 0.228 e. The van der Waals surface area contributed by atoms with Crippen molar-refractivity contribution < 1.29 is 4.79 Å². The number of rotatable bonds is 2. The largest absolute Gasteiger partial charge is 0.326 e. The minimum Gasteiger partial charge on any atom is -0.326 e. The van der Waals surface area contributed by atoms with Gasteiger partial charge in [0.15, 0.2) is 0 Å². The monoisotopic (exact) mass is 275 g/mol. The van der Waals surface area contributed by atoms with Crippen LogP contribution >= 0.6 is 11.6 Å². The fourth-order valence-electron chi connectivity index (χ4n) is 3.09. The van der Waals surface area contributed by atoms with Crippen molar-refractivity contribution in [3.63, 3.8) is 0 Å². The molecule has 19 heavy (non-hydrogen) atoms. The highest BCUT2D eigenvalue weighted by atomic mass is 35.5. The first-order valence-corrected chi connectivity index (χ1v) is 7.36. The molecule has 0 saturated heterocycles. The van der Waals surface area contributed by atoms with Crippen molar-refractivity contribution in [1.82, 2.24) is 0 Å². The van der Waals surface area contributed by atoms with Gasteiger partial charge in [0.25, 0.3) is 0 Å². The highest BCUT2D eigenvalue weighted by Crippen LogP contribution is 2.51. The molecule has 0 radical (unpaired) electrons. The molecule has 1 aromatic rings. The van der Waals surface area contributed by atoms with E-state index < -0.39 is 0 Å². The Morgan fingerprint density at radius 2 is 2.21 bits per heavy atom. The molecular weight excluding hydrogens is 258 g/mol. The number of anilines is 1. The number of amides is 1. The Morgan fingerprint density at radius 3 is 3.05 bits per heavy atom. The number of allylic oxidation sites excluding steroid dienone is 2. The third-order valence-corrected chi connectivity index (χ3v) is 4.38. The lowest BCUT2D eigenvalue weighted by Gasteiger charge is -2.05. The number of halogens is 1. The lowest BCUT2D eigenvalue weighted by molar-refractivity contribution is -0.117. The molecule has 100 valence electrons. The van der Waals surface area contributed by atoms with E-state index in [0.717, 1.165) is 12.1 Å². The molecule has 3 rings (SSSR count). The predicted octanol–water partition coefficient (Wildman–Crippen LogP) is 4.27. The Bertz CT molecular complexity index is 511. The number of hydrogen-bond donors (Lipinski definition) is 1. The first-order valence-electron chi connectivity index (χ1n) is 6.99. The average molecular weight is 276 g/mol. The third-order valence-electron chi connectivity index (χ3n) is 4.14. The molecule has 2 aliphatic carbocycles. The van der Waals surface area contributed by atoms with E-state index in [2.05, 4.69) is 17.5 Å². The van der Waals surface area contributed by atoms with E-state index >= 15 is 0 Å². The number of nitrogens with one attached hydrogen (secondary N) is 1. The second kappa shape index (κ2) is 5.38. The van der Waals surface area contributed by atoms with Crippen LogP contribution in [0.5, 0.6) is 0 Å². The lowest BCUT2D eigenvalue weighted by Crippen LogP contribution is -2.15. The molecule has 1 amide bonds. The van der Waals surface area contributed by atoms with Gasteiger partial charge in [-0.15, -0.1) is 0 Å². The quantitative estimate of drug-likeness (QED) is 0.803. The van der Waals surface area contributed by atoms with Gasteiger partial charge < -0.3 is 5.32 Å². The number of fused-ring (bicyclic) bond motifs is 1. The van der Waals surface area contributed by atoms with Gasteiger partial charge in [0.05, 0.1) is 0 Å². The summed E-state index contributed by atoms with van der Waals surface area (Å²) in [6.07, 6.45) is 9.32. The Balaban J connectivity index is 1.65. The van der Waals surface area contributed by atoms with Crippen molar-refractivity contribution in [3.8, 4) is 0 Å². The van der Waals surface area contributed by atoms with E-state index in [1.807, 2.05) is 18.2 Å². The summed E-state index contributed by atoms with van der Waals surface area (Å²) in [7, 11) is 0. The van der Waals surface area contributed by atoms with Crippen molar-refractivity contribution in [2.75, 3.05) is 5.32 Å². The molecule has 2 aliphatic rings. The highest BCUT2D eigenvalue weighted by Gasteiger charge is 2.52. The topological polar surface area (TPSA) is 29.1 Å². The molecule has 3 heteroatoms. The van der Waals surface area contributed by atoms with Crippen molar-refractivity contribution in [3.05, 3.63) is 41.4 Å². The molecule has 3 atom stereocenters. The Kier molecular flexibility index (Phi) is 3.61. The summed E-state index contributed by atoms with van der Waals surface area (Å²) in [5.74, 6) is 1.31. The number of benzene rings is 1. The molecule has 1 fully saturated rings. The van der Waals surface area contributed by atoms with Gasteiger partial charge in [-0.1, -0.05) is 36.2 Å². The molecule has 0 unspecified atom stereocenters. The molecule has 0 aliphatic heterocycles. The number of carbonyl (C=O) groups excluding carboxylic acids is 1. The van der Waals surface area contributed by atoms with Crippen LogP contribution in [0.3, 0.4) is 0 Å². The van der Waals surface area contributed by atoms with Crippen molar-refractivity contribution in [1.29, 1.82) is 0 Å². The molecule has 1 saturated carbocycles. The molecule has 0 spiro atoms. The minimum absolute atomic E-state index is 0.142.